The second-order valence-electron chi connectivity index (χ2n) is 6.09. The molecular formula is C19H23FN6S. The van der Waals surface area contributed by atoms with E-state index in [1.54, 1.807) is 41.4 Å². The van der Waals surface area contributed by atoms with Crippen LogP contribution >= 0.6 is 11.3 Å². The number of guanidine groups is 1. The third-order valence-corrected chi connectivity index (χ3v) is 4.94. The van der Waals surface area contributed by atoms with Crippen molar-refractivity contribution >= 4 is 17.3 Å². The van der Waals surface area contributed by atoms with Crippen molar-refractivity contribution in [3.05, 3.63) is 63.9 Å². The number of thiazole rings is 1. The predicted molar refractivity (Wildman–Crippen MR) is 107 cm³/mol. The normalized spacial score (nSPS) is 11.6. The Hall–Kier alpha value is -2.74. The fourth-order valence-corrected chi connectivity index (χ4v) is 3.37. The zero-order valence-electron chi connectivity index (χ0n) is 15.7. The van der Waals surface area contributed by atoms with Crippen LogP contribution in [0.3, 0.4) is 0 Å². The maximum Gasteiger partial charge on any atom is 0.191 e. The van der Waals surface area contributed by atoms with Crippen molar-refractivity contribution in [1.29, 1.82) is 0 Å². The van der Waals surface area contributed by atoms with E-state index in [9.17, 15) is 4.39 Å². The number of aryl methyl sites for hydroxylation is 2. The summed E-state index contributed by atoms with van der Waals surface area (Å²) in [5, 5.41) is 9.60. The molecule has 0 aliphatic carbocycles. The van der Waals surface area contributed by atoms with Crippen LogP contribution in [0, 0.1) is 19.7 Å². The molecule has 2 heterocycles. The Morgan fingerprint density at radius 3 is 2.78 bits per heavy atom. The van der Waals surface area contributed by atoms with Crippen LogP contribution in [0.5, 0.6) is 0 Å². The molecule has 27 heavy (non-hydrogen) atoms. The Morgan fingerprint density at radius 1 is 1.30 bits per heavy atom. The van der Waals surface area contributed by atoms with Gasteiger partial charge in [-0.2, -0.15) is 0 Å². The number of hydrogen-bond donors (Lipinski definition) is 2. The van der Waals surface area contributed by atoms with Crippen molar-refractivity contribution < 1.29 is 4.39 Å². The molecular weight excluding hydrogens is 363 g/mol. The van der Waals surface area contributed by atoms with Gasteiger partial charge < -0.3 is 15.2 Å². The van der Waals surface area contributed by atoms with Crippen LogP contribution in [0.15, 0.2) is 41.0 Å². The molecule has 0 spiro atoms. The van der Waals surface area contributed by atoms with Crippen molar-refractivity contribution in [2.75, 3.05) is 13.6 Å². The first-order chi connectivity index (χ1) is 13.1. The van der Waals surface area contributed by atoms with E-state index in [1.807, 2.05) is 19.9 Å². The minimum absolute atomic E-state index is 0.280. The van der Waals surface area contributed by atoms with Crippen LogP contribution in [0.2, 0.25) is 0 Å². The molecule has 0 fully saturated rings. The Morgan fingerprint density at radius 2 is 2.15 bits per heavy atom. The third-order valence-electron chi connectivity index (χ3n) is 4.12. The fraction of sp³-hybridized carbons (Fsp3) is 0.316. The van der Waals surface area contributed by atoms with Gasteiger partial charge in [0, 0.05) is 44.3 Å². The van der Waals surface area contributed by atoms with Crippen molar-refractivity contribution in [1.82, 2.24) is 25.2 Å². The third kappa shape index (κ3) is 4.91. The Labute approximate surface area is 162 Å². The van der Waals surface area contributed by atoms with Crippen LogP contribution in [-0.2, 0) is 13.0 Å². The Balaban J connectivity index is 1.53. The van der Waals surface area contributed by atoms with E-state index in [2.05, 4.69) is 31.0 Å². The first-order valence-corrected chi connectivity index (χ1v) is 9.59. The van der Waals surface area contributed by atoms with E-state index in [0.29, 0.717) is 18.2 Å². The minimum Gasteiger partial charge on any atom is -0.356 e. The summed E-state index contributed by atoms with van der Waals surface area (Å²) in [5.41, 5.74) is 2.41. The molecule has 2 aromatic heterocycles. The fourth-order valence-electron chi connectivity index (χ4n) is 2.73. The van der Waals surface area contributed by atoms with Crippen LogP contribution in [0.1, 0.15) is 22.1 Å². The number of hydrogen-bond acceptors (Lipinski definition) is 4. The summed E-state index contributed by atoms with van der Waals surface area (Å²) in [6.45, 7) is 5.06. The van der Waals surface area contributed by atoms with Crippen LogP contribution in [0.25, 0.3) is 5.69 Å². The summed E-state index contributed by atoms with van der Waals surface area (Å²) in [4.78, 5) is 12.8. The van der Waals surface area contributed by atoms with E-state index in [0.717, 1.165) is 35.1 Å². The molecule has 0 saturated heterocycles. The number of imidazole rings is 1. The highest BCUT2D eigenvalue weighted by molar-refractivity contribution is 7.09. The maximum atomic E-state index is 14.5. The highest BCUT2D eigenvalue weighted by atomic mass is 32.1. The number of aromatic nitrogens is 3. The lowest BCUT2D eigenvalue weighted by atomic mass is 10.2. The number of nitrogens with zero attached hydrogens (tertiary/aromatic N) is 4. The maximum absolute atomic E-state index is 14.5. The molecule has 3 aromatic rings. The second kappa shape index (κ2) is 8.77. The van der Waals surface area contributed by atoms with Crippen LogP contribution < -0.4 is 10.6 Å². The molecule has 2 N–H and O–H groups in total. The van der Waals surface area contributed by atoms with Gasteiger partial charge in [0.15, 0.2) is 5.96 Å². The van der Waals surface area contributed by atoms with Gasteiger partial charge in [-0.1, -0.05) is 6.07 Å². The monoisotopic (exact) mass is 386 g/mol. The quantitative estimate of drug-likeness (QED) is 0.505. The van der Waals surface area contributed by atoms with Gasteiger partial charge >= 0.3 is 0 Å². The van der Waals surface area contributed by atoms with Gasteiger partial charge in [-0.3, -0.25) is 4.99 Å². The summed E-state index contributed by atoms with van der Waals surface area (Å²) < 4.78 is 16.2. The number of rotatable bonds is 6. The number of benzene rings is 1. The molecule has 0 radical (unpaired) electrons. The first kappa shape index (κ1) is 19.0. The summed E-state index contributed by atoms with van der Waals surface area (Å²) in [6.07, 6.45) is 4.24. The molecule has 0 unspecified atom stereocenters. The van der Waals surface area contributed by atoms with Gasteiger partial charge in [0.2, 0.25) is 0 Å². The highest BCUT2D eigenvalue weighted by Crippen LogP contribution is 2.16. The molecule has 8 heteroatoms. The summed E-state index contributed by atoms with van der Waals surface area (Å²) in [6, 6.07) is 5.20. The van der Waals surface area contributed by atoms with Gasteiger partial charge in [0.05, 0.1) is 16.4 Å². The molecule has 0 aliphatic heterocycles. The standard InChI is InChI=1S/C19H23FN6S/c1-13-22-8-9-26(13)18-5-4-15(10-17(18)20)11-24-19(21-3)23-7-6-16-12-27-14(2)25-16/h4-5,8-10,12H,6-7,11H2,1-3H3,(H2,21,23,24). The van der Waals surface area contributed by atoms with Crippen molar-refractivity contribution in [3.8, 4) is 5.69 Å². The first-order valence-electron chi connectivity index (χ1n) is 8.71. The van der Waals surface area contributed by atoms with Crippen LogP contribution in [0.4, 0.5) is 4.39 Å². The summed E-state index contributed by atoms with van der Waals surface area (Å²) in [5.74, 6) is 1.15. The lowest BCUT2D eigenvalue weighted by Crippen LogP contribution is -2.37. The minimum atomic E-state index is -0.280. The van der Waals surface area contributed by atoms with Crippen molar-refractivity contribution in [2.24, 2.45) is 4.99 Å². The second-order valence-corrected chi connectivity index (χ2v) is 7.15. The molecule has 0 amide bonds. The van der Waals surface area contributed by atoms with E-state index in [-0.39, 0.29) is 5.82 Å². The molecule has 0 aliphatic rings. The molecule has 0 saturated carbocycles. The predicted octanol–water partition coefficient (Wildman–Crippen LogP) is 2.99. The molecule has 6 nitrogen and oxygen atoms in total. The average Bonchev–Trinajstić information content (AvgIpc) is 3.26. The van der Waals surface area contributed by atoms with Gasteiger partial charge in [-0.05, 0) is 31.5 Å². The number of nitrogens with one attached hydrogen (secondary N) is 2. The molecule has 0 atom stereocenters. The van der Waals surface area contributed by atoms with Crippen molar-refractivity contribution in [2.45, 2.75) is 26.8 Å². The average molecular weight is 387 g/mol. The Bertz CT molecular complexity index is 930. The van der Waals surface area contributed by atoms with Gasteiger partial charge in [0.1, 0.15) is 11.6 Å². The summed E-state index contributed by atoms with van der Waals surface area (Å²) >= 11 is 1.65. The van der Waals surface area contributed by atoms with Crippen molar-refractivity contribution in [3.63, 3.8) is 0 Å². The van der Waals surface area contributed by atoms with E-state index in [1.165, 1.54) is 6.07 Å². The van der Waals surface area contributed by atoms with E-state index >= 15 is 0 Å². The number of halogens is 1. The number of aliphatic imine (C=N–C) groups is 1. The molecule has 1 aromatic carbocycles. The SMILES string of the molecule is CN=C(NCCc1csc(C)n1)NCc1ccc(-n2ccnc2C)c(F)c1. The lowest BCUT2D eigenvalue weighted by molar-refractivity contribution is 0.613. The summed E-state index contributed by atoms with van der Waals surface area (Å²) in [7, 11) is 1.72. The smallest absolute Gasteiger partial charge is 0.191 e. The molecule has 0 bridgehead atoms. The molecule has 3 rings (SSSR count). The van der Waals surface area contributed by atoms with E-state index < -0.39 is 0 Å². The van der Waals surface area contributed by atoms with E-state index in [4.69, 9.17) is 0 Å². The zero-order chi connectivity index (χ0) is 19.2. The topological polar surface area (TPSA) is 67.1 Å². The van der Waals surface area contributed by atoms with Crippen LogP contribution in [-0.4, -0.2) is 34.1 Å². The van der Waals surface area contributed by atoms with Gasteiger partial charge in [-0.15, -0.1) is 11.3 Å². The zero-order valence-corrected chi connectivity index (χ0v) is 16.5. The molecule has 142 valence electrons. The largest absolute Gasteiger partial charge is 0.356 e. The highest BCUT2D eigenvalue weighted by Gasteiger charge is 2.08. The van der Waals surface area contributed by atoms with Gasteiger partial charge in [-0.25, -0.2) is 14.4 Å². The lowest BCUT2D eigenvalue weighted by Gasteiger charge is -2.13. The Kier molecular flexibility index (Phi) is 6.18. The van der Waals surface area contributed by atoms with Gasteiger partial charge in [0.25, 0.3) is 0 Å².